The summed E-state index contributed by atoms with van der Waals surface area (Å²) in [7, 11) is 0. The van der Waals surface area contributed by atoms with Gasteiger partial charge < -0.3 is 4.42 Å². The zero-order valence-electron chi connectivity index (χ0n) is 23.5. The Bertz CT molecular complexity index is 2790. The average Bonchev–Trinajstić information content (AvgIpc) is 3.63. The second-order valence-electron chi connectivity index (χ2n) is 11.4. The number of para-hydroxylation sites is 3. The molecule has 3 heterocycles. The molecule has 0 spiro atoms. The number of aromatic nitrogens is 3. The minimum absolute atomic E-state index is 0.647. The number of hydrogen-bond acceptors (Lipinski definition) is 3. The highest BCUT2D eigenvalue weighted by molar-refractivity contribution is 6.23. The molecule has 0 aliphatic rings. The van der Waals surface area contributed by atoms with Crippen molar-refractivity contribution in [2.75, 3.05) is 0 Å². The number of fused-ring (bicyclic) bond motifs is 11. The lowest BCUT2D eigenvalue weighted by molar-refractivity contribution is 0.669. The Morgan fingerprint density at radius 2 is 1.14 bits per heavy atom. The first-order valence-electron chi connectivity index (χ1n) is 14.8. The summed E-state index contributed by atoms with van der Waals surface area (Å²) in [6, 6.07) is 48.8. The van der Waals surface area contributed by atoms with Crippen LogP contribution in [0.2, 0.25) is 0 Å². The van der Waals surface area contributed by atoms with Crippen molar-refractivity contribution in [1.29, 1.82) is 0 Å². The standard InChI is InChI=1S/C40H23N3O/c1-2-12-25-24(11-1)21-22-34-37(25)29-16-6-9-19-33(29)43(34)40-41-32-18-8-5-15-28(32)39(42-40)31-23-36-38(27-14-4-3-13-26(27)31)30-17-7-10-20-35(30)44-36/h1-23H. The lowest BCUT2D eigenvalue weighted by atomic mass is 9.96. The molecule has 0 saturated heterocycles. The van der Waals surface area contributed by atoms with Gasteiger partial charge >= 0.3 is 0 Å². The van der Waals surface area contributed by atoms with Crippen molar-refractivity contribution in [3.8, 4) is 17.2 Å². The van der Waals surface area contributed by atoms with Gasteiger partial charge in [-0.15, -0.1) is 0 Å². The Morgan fingerprint density at radius 1 is 0.455 bits per heavy atom. The van der Waals surface area contributed by atoms with Gasteiger partial charge in [-0.05, 0) is 51.9 Å². The highest BCUT2D eigenvalue weighted by Crippen LogP contribution is 2.42. The van der Waals surface area contributed by atoms with Crippen molar-refractivity contribution < 1.29 is 4.42 Å². The molecule has 0 saturated carbocycles. The molecule has 0 amide bonds. The largest absolute Gasteiger partial charge is 0.456 e. The van der Waals surface area contributed by atoms with Gasteiger partial charge in [-0.25, -0.2) is 9.97 Å². The van der Waals surface area contributed by atoms with E-state index in [1.54, 1.807) is 0 Å². The molecule has 0 atom stereocenters. The molecule has 7 aromatic carbocycles. The zero-order valence-corrected chi connectivity index (χ0v) is 23.5. The van der Waals surface area contributed by atoms with Crippen LogP contribution < -0.4 is 0 Å². The highest BCUT2D eigenvalue weighted by Gasteiger charge is 2.21. The van der Waals surface area contributed by atoms with Crippen molar-refractivity contribution in [2.45, 2.75) is 0 Å². The molecule has 0 bridgehead atoms. The minimum Gasteiger partial charge on any atom is -0.456 e. The van der Waals surface area contributed by atoms with Crippen LogP contribution in [0.1, 0.15) is 0 Å². The fourth-order valence-corrected chi connectivity index (χ4v) is 7.11. The van der Waals surface area contributed by atoms with Crippen LogP contribution >= 0.6 is 0 Å². The summed E-state index contributed by atoms with van der Waals surface area (Å²) in [4.78, 5) is 10.6. The van der Waals surface area contributed by atoms with Gasteiger partial charge in [-0.1, -0.05) is 109 Å². The van der Waals surface area contributed by atoms with Crippen LogP contribution in [-0.2, 0) is 0 Å². The molecule has 0 unspecified atom stereocenters. The summed E-state index contributed by atoms with van der Waals surface area (Å²) < 4.78 is 8.66. The summed E-state index contributed by atoms with van der Waals surface area (Å²) in [5.41, 5.74) is 6.71. The second-order valence-corrected chi connectivity index (χ2v) is 11.4. The molecule has 204 valence electrons. The third-order valence-corrected chi connectivity index (χ3v) is 8.99. The van der Waals surface area contributed by atoms with Gasteiger partial charge in [0.2, 0.25) is 5.95 Å². The van der Waals surface area contributed by atoms with Crippen molar-refractivity contribution >= 4 is 76.2 Å². The maximum atomic E-state index is 6.44. The van der Waals surface area contributed by atoms with E-state index in [1.807, 2.05) is 18.2 Å². The summed E-state index contributed by atoms with van der Waals surface area (Å²) in [6.07, 6.45) is 0. The molecule has 10 aromatic rings. The first-order valence-corrected chi connectivity index (χ1v) is 14.8. The van der Waals surface area contributed by atoms with E-state index in [-0.39, 0.29) is 0 Å². The van der Waals surface area contributed by atoms with Crippen molar-refractivity contribution in [1.82, 2.24) is 14.5 Å². The zero-order chi connectivity index (χ0) is 28.8. The Morgan fingerprint density at radius 3 is 2.02 bits per heavy atom. The summed E-state index contributed by atoms with van der Waals surface area (Å²) >= 11 is 0. The van der Waals surface area contributed by atoms with Crippen LogP contribution in [0.5, 0.6) is 0 Å². The first-order chi connectivity index (χ1) is 21.8. The maximum Gasteiger partial charge on any atom is 0.235 e. The molecule has 0 radical (unpaired) electrons. The number of hydrogen-bond donors (Lipinski definition) is 0. The van der Waals surface area contributed by atoms with E-state index in [9.17, 15) is 0 Å². The molecule has 3 aromatic heterocycles. The molecule has 0 fully saturated rings. The van der Waals surface area contributed by atoms with E-state index < -0.39 is 0 Å². The Labute approximate surface area is 251 Å². The average molecular weight is 562 g/mol. The quantitative estimate of drug-likeness (QED) is 0.211. The minimum atomic E-state index is 0.647. The summed E-state index contributed by atoms with van der Waals surface area (Å²) in [5, 5.41) is 10.4. The van der Waals surface area contributed by atoms with E-state index >= 15 is 0 Å². The van der Waals surface area contributed by atoms with E-state index in [4.69, 9.17) is 14.4 Å². The maximum absolute atomic E-state index is 6.44. The van der Waals surface area contributed by atoms with Gasteiger partial charge in [-0.2, -0.15) is 0 Å². The molecular formula is C40H23N3O. The molecule has 44 heavy (non-hydrogen) atoms. The molecule has 0 aliphatic heterocycles. The van der Waals surface area contributed by atoms with E-state index in [2.05, 4.69) is 126 Å². The van der Waals surface area contributed by atoms with E-state index in [1.165, 1.54) is 21.5 Å². The Hall–Kier alpha value is -6.00. The SMILES string of the molecule is c1ccc2c(c1)ccc1c2c2ccccc2n1-c1nc(-c2cc3oc4ccccc4c3c3ccccc23)c2ccccc2n1. The number of nitrogens with zero attached hydrogens (tertiary/aromatic N) is 3. The lowest BCUT2D eigenvalue weighted by Crippen LogP contribution is -2.03. The van der Waals surface area contributed by atoms with Gasteiger partial charge in [0.05, 0.1) is 22.2 Å². The predicted octanol–water partition coefficient (Wildman–Crippen LogP) is 10.6. The summed E-state index contributed by atoms with van der Waals surface area (Å²) in [5.74, 6) is 0.647. The molecule has 0 aliphatic carbocycles. The van der Waals surface area contributed by atoms with Gasteiger partial charge in [0.15, 0.2) is 0 Å². The first kappa shape index (κ1) is 23.6. The normalized spacial score (nSPS) is 12.1. The van der Waals surface area contributed by atoms with Gasteiger partial charge in [-0.3, -0.25) is 4.57 Å². The number of rotatable bonds is 2. The van der Waals surface area contributed by atoms with Crippen LogP contribution in [0, 0.1) is 0 Å². The number of benzene rings is 7. The fraction of sp³-hybridized carbons (Fsp3) is 0. The van der Waals surface area contributed by atoms with E-state index in [0.717, 1.165) is 65.9 Å². The fourth-order valence-electron chi connectivity index (χ4n) is 7.11. The van der Waals surface area contributed by atoms with Gasteiger partial charge in [0, 0.05) is 32.5 Å². The van der Waals surface area contributed by atoms with Crippen LogP contribution in [0.25, 0.3) is 93.4 Å². The van der Waals surface area contributed by atoms with Crippen LogP contribution in [0.4, 0.5) is 0 Å². The van der Waals surface area contributed by atoms with Crippen molar-refractivity contribution in [3.05, 3.63) is 140 Å². The smallest absolute Gasteiger partial charge is 0.235 e. The van der Waals surface area contributed by atoms with Crippen LogP contribution in [-0.4, -0.2) is 14.5 Å². The van der Waals surface area contributed by atoms with Crippen molar-refractivity contribution in [3.63, 3.8) is 0 Å². The molecular weight excluding hydrogens is 538 g/mol. The second kappa shape index (κ2) is 8.76. The highest BCUT2D eigenvalue weighted by atomic mass is 16.3. The predicted molar refractivity (Wildman–Crippen MR) is 182 cm³/mol. The van der Waals surface area contributed by atoms with Gasteiger partial charge in [0.25, 0.3) is 0 Å². The topological polar surface area (TPSA) is 43.9 Å². The Kier molecular flexibility index (Phi) is 4.69. The molecule has 0 N–H and O–H groups in total. The third kappa shape index (κ3) is 3.17. The van der Waals surface area contributed by atoms with Gasteiger partial charge in [0.1, 0.15) is 11.2 Å². The van der Waals surface area contributed by atoms with E-state index in [0.29, 0.717) is 5.95 Å². The monoisotopic (exact) mass is 561 g/mol. The van der Waals surface area contributed by atoms with Crippen molar-refractivity contribution in [2.24, 2.45) is 0 Å². The Balaban J connectivity index is 1.35. The molecule has 4 nitrogen and oxygen atoms in total. The molecule has 10 rings (SSSR count). The van der Waals surface area contributed by atoms with Crippen LogP contribution in [0.15, 0.2) is 144 Å². The summed E-state index contributed by atoms with van der Waals surface area (Å²) in [6.45, 7) is 0. The van der Waals surface area contributed by atoms with Crippen LogP contribution in [0.3, 0.4) is 0 Å². The number of furan rings is 1. The third-order valence-electron chi connectivity index (χ3n) is 8.99. The lowest BCUT2D eigenvalue weighted by Gasteiger charge is -2.14. The molecule has 4 heteroatoms.